The minimum absolute atomic E-state index is 0.00463. The number of rotatable bonds is 2. The molecule has 11 heavy (non-hydrogen) atoms. The van der Waals surface area contributed by atoms with Gasteiger partial charge < -0.3 is 4.79 Å². The van der Waals surface area contributed by atoms with Gasteiger partial charge in [0, 0.05) is 6.04 Å². The average Bonchev–Trinajstić information content (AvgIpc) is 2.32. The van der Waals surface area contributed by atoms with E-state index in [0.29, 0.717) is 6.04 Å². The van der Waals surface area contributed by atoms with Gasteiger partial charge in [-0.05, 0) is 33.2 Å². The molecule has 3 heteroatoms. The average molecular weight is 151 g/mol. The molecule has 1 fully saturated rings. The minimum Gasteiger partial charge on any atom is -0.311 e. The lowest BCUT2D eigenvalue weighted by atomic mass is 9.93. The molecule has 0 saturated carbocycles. The highest BCUT2D eigenvalue weighted by Gasteiger charge is 2.28. The lowest BCUT2D eigenvalue weighted by molar-refractivity contribution is -0.116. The Morgan fingerprint density at radius 3 is 2.64 bits per heavy atom. The number of likely N-dealkylation sites (tertiary alicyclic amines) is 1. The quantitative estimate of drug-likeness (QED) is 0.537. The van der Waals surface area contributed by atoms with Crippen LogP contribution in [-0.4, -0.2) is 37.1 Å². The summed E-state index contributed by atoms with van der Waals surface area (Å²) in [6.07, 6.45) is 2.04. The van der Waals surface area contributed by atoms with E-state index in [4.69, 9.17) is 7.85 Å². The third-order valence-corrected chi connectivity index (χ3v) is 2.29. The molecule has 2 nitrogen and oxygen atoms in total. The number of carbonyl (C=O) groups excluding carboxylic acids is 1. The second-order valence-electron chi connectivity index (χ2n) is 3.39. The van der Waals surface area contributed by atoms with Gasteiger partial charge in [0.05, 0.1) is 11.7 Å². The van der Waals surface area contributed by atoms with Crippen molar-refractivity contribution in [2.24, 2.45) is 0 Å². The van der Waals surface area contributed by atoms with Crippen LogP contribution in [0.25, 0.3) is 0 Å². The van der Waals surface area contributed by atoms with Gasteiger partial charge in [-0.15, -0.1) is 0 Å². The summed E-state index contributed by atoms with van der Waals surface area (Å²) in [6.45, 7) is 5.22. The molecule has 0 aromatic carbocycles. The molecule has 1 rings (SSSR count). The van der Waals surface area contributed by atoms with Gasteiger partial charge in [0.25, 0.3) is 0 Å². The molecule has 1 heterocycles. The van der Waals surface area contributed by atoms with Crippen molar-refractivity contribution in [3.05, 3.63) is 0 Å². The molecule has 0 amide bonds. The topological polar surface area (TPSA) is 20.3 Å². The third-order valence-electron chi connectivity index (χ3n) is 2.29. The Balaban J connectivity index is 2.58. The Hall–Kier alpha value is -0.305. The van der Waals surface area contributed by atoms with Gasteiger partial charge in [-0.1, -0.05) is 0 Å². The molecule has 0 aromatic heterocycles. The van der Waals surface area contributed by atoms with Crippen LogP contribution in [0.1, 0.15) is 26.7 Å². The molecule has 0 aliphatic carbocycles. The highest BCUT2D eigenvalue weighted by atomic mass is 16.1. The van der Waals surface area contributed by atoms with Crippen LogP contribution in [0, 0.1) is 0 Å². The van der Waals surface area contributed by atoms with Crippen molar-refractivity contribution in [2.45, 2.75) is 38.8 Å². The fourth-order valence-electron chi connectivity index (χ4n) is 1.71. The summed E-state index contributed by atoms with van der Waals surface area (Å²) in [7, 11) is 5.25. The first kappa shape index (κ1) is 8.79. The van der Waals surface area contributed by atoms with Gasteiger partial charge in [0.2, 0.25) is 0 Å². The van der Waals surface area contributed by atoms with Crippen LogP contribution in [0.4, 0.5) is 0 Å². The number of carbonyl (C=O) groups is 1. The molecule has 1 saturated heterocycles. The molecule has 0 N–H and O–H groups in total. The maximum atomic E-state index is 10.9. The molecule has 1 unspecified atom stereocenters. The monoisotopic (exact) mass is 151 g/mol. The van der Waals surface area contributed by atoms with Crippen molar-refractivity contribution in [2.75, 3.05) is 6.54 Å². The molecule has 60 valence electrons. The second-order valence-corrected chi connectivity index (χ2v) is 3.39. The van der Waals surface area contributed by atoms with E-state index in [-0.39, 0.29) is 11.7 Å². The van der Waals surface area contributed by atoms with Crippen LogP contribution in [0.5, 0.6) is 0 Å². The maximum absolute atomic E-state index is 10.9. The zero-order valence-electron chi connectivity index (χ0n) is 7.21. The SMILES string of the molecule is [B]C(=O)C1CCCN1C(C)C. The molecule has 1 aliphatic rings. The smallest absolute Gasteiger partial charge is 0.170 e. The first-order chi connectivity index (χ1) is 5.13. The Labute approximate surface area is 69.4 Å². The van der Waals surface area contributed by atoms with E-state index >= 15 is 0 Å². The van der Waals surface area contributed by atoms with E-state index in [0.717, 1.165) is 19.4 Å². The fraction of sp³-hybridized carbons (Fsp3) is 0.875. The van der Waals surface area contributed by atoms with Crippen LogP contribution in [-0.2, 0) is 4.79 Å². The maximum Gasteiger partial charge on any atom is 0.170 e. The van der Waals surface area contributed by atoms with Crippen LogP contribution in [0.15, 0.2) is 0 Å². The van der Waals surface area contributed by atoms with E-state index in [1.165, 1.54) is 0 Å². The zero-order chi connectivity index (χ0) is 8.43. The molecule has 1 aliphatic heterocycles. The minimum atomic E-state index is -0.170. The molecular weight excluding hydrogens is 137 g/mol. The summed E-state index contributed by atoms with van der Waals surface area (Å²) < 4.78 is 0. The fourth-order valence-corrected chi connectivity index (χ4v) is 1.71. The van der Waals surface area contributed by atoms with Gasteiger partial charge in [0.1, 0.15) is 0 Å². The predicted octanol–water partition coefficient (Wildman–Crippen LogP) is 0.554. The van der Waals surface area contributed by atoms with Gasteiger partial charge in [-0.3, -0.25) is 4.90 Å². The van der Waals surface area contributed by atoms with E-state index in [1.807, 2.05) is 0 Å². The summed E-state index contributed by atoms with van der Waals surface area (Å²) in [5.41, 5.74) is -0.170. The van der Waals surface area contributed by atoms with Crippen molar-refractivity contribution < 1.29 is 4.79 Å². The van der Waals surface area contributed by atoms with Gasteiger partial charge in [-0.2, -0.15) is 0 Å². The van der Waals surface area contributed by atoms with E-state index in [9.17, 15) is 4.79 Å². The van der Waals surface area contributed by atoms with Crippen molar-refractivity contribution in [3.63, 3.8) is 0 Å². The van der Waals surface area contributed by atoms with E-state index in [1.54, 1.807) is 0 Å². The largest absolute Gasteiger partial charge is 0.311 e. The molecule has 1 atom stereocenters. The first-order valence-corrected chi connectivity index (χ1v) is 4.18. The molecule has 2 radical (unpaired) electrons. The van der Waals surface area contributed by atoms with E-state index in [2.05, 4.69) is 18.7 Å². The summed E-state index contributed by atoms with van der Waals surface area (Å²) in [4.78, 5) is 13.1. The Morgan fingerprint density at radius 1 is 1.64 bits per heavy atom. The molecule has 0 bridgehead atoms. The van der Waals surface area contributed by atoms with Gasteiger partial charge in [0.15, 0.2) is 7.85 Å². The van der Waals surface area contributed by atoms with Crippen LogP contribution >= 0.6 is 0 Å². The number of hydrogen-bond acceptors (Lipinski definition) is 2. The lowest BCUT2D eigenvalue weighted by Crippen LogP contribution is -2.40. The van der Waals surface area contributed by atoms with Crippen molar-refractivity contribution >= 4 is 13.5 Å². The highest BCUT2D eigenvalue weighted by Crippen LogP contribution is 2.19. The molecule has 0 aromatic rings. The number of nitrogens with zero attached hydrogens (tertiary/aromatic N) is 1. The van der Waals surface area contributed by atoms with Crippen molar-refractivity contribution in [3.8, 4) is 0 Å². The molecular formula is C8H14BNO. The standard InChI is InChI=1S/C8H14BNO/c1-6(2)10-5-3-4-7(10)8(9)11/h6-7H,3-5H2,1-2H3. The van der Waals surface area contributed by atoms with Crippen molar-refractivity contribution in [1.82, 2.24) is 4.90 Å². The predicted molar refractivity (Wildman–Crippen MR) is 45.6 cm³/mol. The zero-order valence-corrected chi connectivity index (χ0v) is 7.21. The van der Waals surface area contributed by atoms with Gasteiger partial charge in [-0.25, -0.2) is 0 Å². The Bertz CT molecular complexity index is 158. The van der Waals surface area contributed by atoms with Crippen LogP contribution in [0.2, 0.25) is 0 Å². The van der Waals surface area contributed by atoms with Gasteiger partial charge >= 0.3 is 0 Å². The Kier molecular flexibility index (Phi) is 2.71. The number of hydrogen-bond donors (Lipinski definition) is 0. The summed E-state index contributed by atoms with van der Waals surface area (Å²) >= 11 is 0. The second kappa shape index (κ2) is 3.39. The first-order valence-electron chi connectivity index (χ1n) is 4.18. The molecule has 0 spiro atoms. The van der Waals surface area contributed by atoms with Crippen molar-refractivity contribution in [1.29, 1.82) is 0 Å². The lowest BCUT2D eigenvalue weighted by Gasteiger charge is -2.26. The van der Waals surface area contributed by atoms with Crippen LogP contribution in [0.3, 0.4) is 0 Å². The van der Waals surface area contributed by atoms with Crippen LogP contribution < -0.4 is 0 Å². The Morgan fingerprint density at radius 2 is 2.27 bits per heavy atom. The third kappa shape index (κ3) is 1.83. The summed E-state index contributed by atoms with van der Waals surface area (Å²) in [5, 5.41) is 0. The summed E-state index contributed by atoms with van der Waals surface area (Å²) in [5.74, 6) is 0. The normalized spacial score (nSPS) is 26.3. The highest BCUT2D eigenvalue weighted by molar-refractivity contribution is 6.59. The van der Waals surface area contributed by atoms with E-state index < -0.39 is 0 Å². The summed E-state index contributed by atoms with van der Waals surface area (Å²) in [6, 6.07) is 0.435.